The number of urea groups is 1. The van der Waals surface area contributed by atoms with Crippen LogP contribution in [0.1, 0.15) is 20.8 Å². The second kappa shape index (κ2) is 7.52. The monoisotopic (exact) mass is 294 g/mol. The van der Waals surface area contributed by atoms with Gasteiger partial charge in [-0.15, -0.1) is 0 Å². The van der Waals surface area contributed by atoms with E-state index in [-0.39, 0.29) is 12.1 Å². The highest BCUT2D eigenvalue weighted by atomic mass is 16.5. The number of nitrogens with one attached hydrogen (secondary N) is 1. The zero-order chi connectivity index (χ0) is 16.0. The second-order valence-corrected chi connectivity index (χ2v) is 5.20. The van der Waals surface area contributed by atoms with Gasteiger partial charge in [0.1, 0.15) is 5.75 Å². The van der Waals surface area contributed by atoms with Crippen LogP contribution in [0.2, 0.25) is 0 Å². The molecule has 1 unspecified atom stereocenters. The number of hydrogen-bond donors (Lipinski definition) is 2. The lowest BCUT2D eigenvalue weighted by Crippen LogP contribution is -2.40. The summed E-state index contributed by atoms with van der Waals surface area (Å²) in [6.07, 6.45) is 0. The molecule has 0 heterocycles. The Morgan fingerprint density at radius 3 is 2.48 bits per heavy atom. The highest BCUT2D eigenvalue weighted by Gasteiger charge is 2.19. The molecule has 0 saturated heterocycles. The number of benzene rings is 1. The molecule has 1 rings (SSSR count). The summed E-state index contributed by atoms with van der Waals surface area (Å²) in [5.74, 6) is -0.403. The van der Waals surface area contributed by atoms with Crippen LogP contribution in [0, 0.1) is 5.92 Å². The number of anilines is 1. The lowest BCUT2D eigenvalue weighted by molar-refractivity contribution is -0.139. The fourth-order valence-corrected chi connectivity index (χ4v) is 1.67. The average Bonchev–Trinajstić information content (AvgIpc) is 2.44. The number of aliphatic carboxylic acids is 1. The van der Waals surface area contributed by atoms with Gasteiger partial charge in [0, 0.05) is 13.1 Å². The quantitative estimate of drug-likeness (QED) is 0.845. The van der Waals surface area contributed by atoms with Crippen LogP contribution in [0.4, 0.5) is 10.5 Å². The minimum absolute atomic E-state index is 0.0806. The molecule has 0 spiro atoms. The summed E-state index contributed by atoms with van der Waals surface area (Å²) in [5, 5.41) is 11.4. The normalized spacial score (nSPS) is 11.9. The first-order valence-corrected chi connectivity index (χ1v) is 6.80. The highest BCUT2D eigenvalue weighted by Crippen LogP contribution is 2.24. The van der Waals surface area contributed by atoms with Crippen LogP contribution in [0.5, 0.6) is 5.75 Å². The Kier molecular flexibility index (Phi) is 6.02. The predicted octanol–water partition coefficient (Wildman–Crippen LogP) is 2.66. The number of hydrogen-bond acceptors (Lipinski definition) is 3. The number of carboxylic acid groups (broad SMARTS) is 1. The highest BCUT2D eigenvalue weighted by molar-refractivity contribution is 5.91. The van der Waals surface area contributed by atoms with Gasteiger partial charge in [0.25, 0.3) is 0 Å². The standard InChI is InChI=1S/C15H22N2O4/c1-10(2)11(3)17(4)15(20)16-12-7-5-6-8-13(12)21-9-14(18)19/h5-8,10-11H,9H2,1-4H3,(H,16,20)(H,18,19). The molecule has 0 aliphatic heterocycles. The van der Waals surface area contributed by atoms with E-state index in [2.05, 4.69) is 5.32 Å². The molecule has 0 aliphatic rings. The maximum Gasteiger partial charge on any atom is 0.341 e. The van der Waals surface area contributed by atoms with Gasteiger partial charge in [-0.25, -0.2) is 9.59 Å². The molecule has 2 amide bonds. The lowest BCUT2D eigenvalue weighted by Gasteiger charge is -2.28. The summed E-state index contributed by atoms with van der Waals surface area (Å²) in [5.41, 5.74) is 0.451. The Labute approximate surface area is 124 Å². The molecule has 6 nitrogen and oxygen atoms in total. The van der Waals surface area contributed by atoms with Gasteiger partial charge in [0.05, 0.1) is 5.69 Å². The van der Waals surface area contributed by atoms with E-state index in [1.807, 2.05) is 20.8 Å². The van der Waals surface area contributed by atoms with E-state index in [4.69, 9.17) is 9.84 Å². The minimum Gasteiger partial charge on any atom is -0.480 e. The van der Waals surface area contributed by atoms with E-state index >= 15 is 0 Å². The molecular formula is C15H22N2O4. The molecule has 1 aromatic carbocycles. The summed E-state index contributed by atoms with van der Waals surface area (Å²) in [6, 6.07) is 6.56. The molecule has 1 atom stereocenters. The Balaban J connectivity index is 2.78. The summed E-state index contributed by atoms with van der Waals surface area (Å²) in [7, 11) is 1.72. The Morgan fingerprint density at radius 2 is 1.90 bits per heavy atom. The van der Waals surface area contributed by atoms with Gasteiger partial charge >= 0.3 is 12.0 Å². The number of carbonyl (C=O) groups is 2. The fourth-order valence-electron chi connectivity index (χ4n) is 1.67. The van der Waals surface area contributed by atoms with E-state index < -0.39 is 12.6 Å². The van der Waals surface area contributed by atoms with E-state index in [0.717, 1.165) is 0 Å². The number of carboxylic acids is 1. The number of amides is 2. The zero-order valence-corrected chi connectivity index (χ0v) is 12.8. The fraction of sp³-hybridized carbons (Fsp3) is 0.467. The molecule has 116 valence electrons. The van der Waals surface area contributed by atoms with Gasteiger partial charge in [-0.05, 0) is 25.0 Å². The van der Waals surface area contributed by atoms with E-state index in [1.54, 1.807) is 36.2 Å². The first-order valence-electron chi connectivity index (χ1n) is 6.80. The SMILES string of the molecule is CC(C)C(C)N(C)C(=O)Nc1ccccc1OCC(=O)O. The van der Waals surface area contributed by atoms with Gasteiger partial charge < -0.3 is 20.1 Å². The van der Waals surface area contributed by atoms with Crippen molar-refractivity contribution in [2.45, 2.75) is 26.8 Å². The van der Waals surface area contributed by atoms with Crippen LogP contribution in [0.15, 0.2) is 24.3 Å². The van der Waals surface area contributed by atoms with Crippen molar-refractivity contribution >= 4 is 17.7 Å². The molecule has 0 aliphatic carbocycles. The van der Waals surface area contributed by atoms with Crippen molar-refractivity contribution in [1.82, 2.24) is 4.90 Å². The molecule has 0 aromatic heterocycles. The maximum absolute atomic E-state index is 12.2. The van der Waals surface area contributed by atoms with Crippen molar-refractivity contribution in [2.75, 3.05) is 19.0 Å². The van der Waals surface area contributed by atoms with Crippen molar-refractivity contribution < 1.29 is 19.4 Å². The van der Waals surface area contributed by atoms with Crippen molar-refractivity contribution in [1.29, 1.82) is 0 Å². The van der Waals surface area contributed by atoms with Crippen molar-refractivity contribution in [3.05, 3.63) is 24.3 Å². The maximum atomic E-state index is 12.2. The molecule has 21 heavy (non-hydrogen) atoms. The van der Waals surface area contributed by atoms with Crippen molar-refractivity contribution in [2.24, 2.45) is 5.92 Å². The van der Waals surface area contributed by atoms with Gasteiger partial charge in [0.15, 0.2) is 6.61 Å². The molecule has 0 fully saturated rings. The van der Waals surface area contributed by atoms with Crippen molar-refractivity contribution in [3.63, 3.8) is 0 Å². The van der Waals surface area contributed by atoms with E-state index in [9.17, 15) is 9.59 Å². The number of para-hydroxylation sites is 2. The van der Waals surface area contributed by atoms with E-state index in [0.29, 0.717) is 17.4 Å². The first-order chi connectivity index (χ1) is 9.82. The summed E-state index contributed by atoms with van der Waals surface area (Å²) in [4.78, 5) is 24.4. The van der Waals surface area contributed by atoms with Crippen LogP contribution in [-0.2, 0) is 4.79 Å². The number of carbonyl (C=O) groups excluding carboxylic acids is 1. The number of ether oxygens (including phenoxy) is 1. The zero-order valence-electron chi connectivity index (χ0n) is 12.8. The van der Waals surface area contributed by atoms with Gasteiger partial charge in [0.2, 0.25) is 0 Å². The Bertz CT molecular complexity index is 502. The third-order valence-electron chi connectivity index (χ3n) is 3.38. The molecule has 6 heteroatoms. The van der Waals surface area contributed by atoms with E-state index in [1.165, 1.54) is 0 Å². The summed E-state index contributed by atoms with van der Waals surface area (Å²) >= 11 is 0. The molecule has 1 aromatic rings. The lowest BCUT2D eigenvalue weighted by atomic mass is 10.1. The van der Waals surface area contributed by atoms with Gasteiger partial charge in [-0.2, -0.15) is 0 Å². The van der Waals surface area contributed by atoms with Crippen LogP contribution in [0.25, 0.3) is 0 Å². The predicted molar refractivity (Wildman–Crippen MR) is 80.7 cm³/mol. The van der Waals surface area contributed by atoms with Crippen LogP contribution in [0.3, 0.4) is 0 Å². The van der Waals surface area contributed by atoms with Gasteiger partial charge in [-0.3, -0.25) is 0 Å². The third-order valence-corrected chi connectivity index (χ3v) is 3.38. The average molecular weight is 294 g/mol. The first kappa shape index (κ1) is 16.8. The van der Waals surface area contributed by atoms with Crippen molar-refractivity contribution in [3.8, 4) is 5.75 Å². The summed E-state index contributed by atoms with van der Waals surface area (Å²) in [6.45, 7) is 5.60. The van der Waals surface area contributed by atoms with Crippen LogP contribution >= 0.6 is 0 Å². The number of rotatable bonds is 6. The molecule has 0 radical (unpaired) electrons. The molecule has 0 bridgehead atoms. The van der Waals surface area contributed by atoms with Crippen LogP contribution in [-0.4, -0.2) is 41.7 Å². The second-order valence-electron chi connectivity index (χ2n) is 5.20. The van der Waals surface area contributed by atoms with Crippen LogP contribution < -0.4 is 10.1 Å². The largest absolute Gasteiger partial charge is 0.480 e. The minimum atomic E-state index is -1.07. The number of nitrogens with zero attached hydrogens (tertiary/aromatic N) is 1. The summed E-state index contributed by atoms with van der Waals surface area (Å²) < 4.78 is 5.15. The topological polar surface area (TPSA) is 78.9 Å². The Morgan fingerprint density at radius 1 is 1.29 bits per heavy atom. The third kappa shape index (κ3) is 4.98. The smallest absolute Gasteiger partial charge is 0.341 e. The molecular weight excluding hydrogens is 272 g/mol. The van der Waals surface area contributed by atoms with Gasteiger partial charge in [-0.1, -0.05) is 26.0 Å². The molecule has 0 saturated carbocycles. The molecule has 2 N–H and O–H groups in total. The Hall–Kier alpha value is -2.24.